The second kappa shape index (κ2) is 18.3. The van der Waals surface area contributed by atoms with E-state index in [1.807, 2.05) is 123 Å². The normalized spacial score (nSPS) is 18.7. The minimum absolute atomic E-state index is 0.0856. The highest BCUT2D eigenvalue weighted by Gasteiger charge is 2.53. The predicted octanol–water partition coefficient (Wildman–Crippen LogP) is 5.77. The van der Waals surface area contributed by atoms with Crippen LogP contribution in [0.5, 0.6) is 5.75 Å². The van der Waals surface area contributed by atoms with Gasteiger partial charge in [-0.05, 0) is 92.2 Å². The van der Waals surface area contributed by atoms with Gasteiger partial charge in [-0.25, -0.2) is 0 Å². The zero-order valence-corrected chi connectivity index (χ0v) is 33.1. The molecule has 0 bridgehead atoms. The first kappa shape index (κ1) is 40.5. The van der Waals surface area contributed by atoms with Crippen LogP contribution >= 0.6 is 0 Å². The number of hydrogen-bond acceptors (Lipinski definition) is 9. The van der Waals surface area contributed by atoms with Crippen molar-refractivity contribution in [3.05, 3.63) is 143 Å². The molecule has 7 rings (SSSR count). The maximum Gasteiger partial charge on any atom is 0.264 e. The van der Waals surface area contributed by atoms with E-state index in [9.17, 15) is 24.9 Å². The topological polar surface area (TPSA) is 153 Å². The standard InChI is InChI=1S/C46H52N6O6/c1-3-58-37-20-22-42-35(26-37)27-40(47-23-11-13-25-53)44(55)52(42)36-19-21-43-39(28-36)46(57,45(56)51(43)29-33-15-6-4-7-16-33)32(2)14-10-12-24-50-30-41(48-49-50)38(31-54)34-17-8-5-9-18-34/h4-10,14-22,26,28,30,32,38,40,47,53-54,57H,3,11-13,23-25,27,29,31H2,1-2H3/b14-10+/t32-,38?,40?,46+/m1/s1. The molecule has 58 heavy (non-hydrogen) atoms. The number of carbonyl (C=O) groups excluding carboxylic acids is 2. The lowest BCUT2D eigenvalue weighted by Crippen LogP contribution is -2.49. The van der Waals surface area contributed by atoms with E-state index < -0.39 is 23.5 Å². The molecule has 12 nitrogen and oxygen atoms in total. The van der Waals surface area contributed by atoms with Gasteiger partial charge in [0.15, 0.2) is 5.60 Å². The summed E-state index contributed by atoms with van der Waals surface area (Å²) in [6.45, 7) is 5.61. The first-order chi connectivity index (χ1) is 28.3. The van der Waals surface area contributed by atoms with Crippen LogP contribution in [-0.2, 0) is 34.7 Å². The lowest BCUT2D eigenvalue weighted by Gasteiger charge is -2.35. The Morgan fingerprint density at radius 1 is 0.966 bits per heavy atom. The summed E-state index contributed by atoms with van der Waals surface area (Å²) in [4.78, 5) is 32.2. The summed E-state index contributed by atoms with van der Waals surface area (Å²) in [7, 11) is 0. The highest BCUT2D eigenvalue weighted by Crippen LogP contribution is 2.48. The van der Waals surface area contributed by atoms with Crippen LogP contribution in [0.4, 0.5) is 17.1 Å². The molecule has 0 spiro atoms. The van der Waals surface area contributed by atoms with Gasteiger partial charge < -0.3 is 30.3 Å². The Labute approximate surface area is 339 Å². The Bertz CT molecular complexity index is 2210. The summed E-state index contributed by atoms with van der Waals surface area (Å²) in [5.74, 6) is -0.791. The molecule has 4 atom stereocenters. The molecule has 0 fully saturated rings. The van der Waals surface area contributed by atoms with Crippen LogP contribution in [0.2, 0.25) is 0 Å². The van der Waals surface area contributed by atoms with Crippen molar-refractivity contribution in [1.29, 1.82) is 0 Å². The van der Waals surface area contributed by atoms with Gasteiger partial charge in [-0.15, -0.1) is 5.10 Å². The molecule has 0 saturated heterocycles. The lowest BCUT2D eigenvalue weighted by atomic mass is 9.82. The molecule has 12 heteroatoms. The van der Waals surface area contributed by atoms with Crippen molar-refractivity contribution in [2.75, 3.05) is 36.2 Å². The molecule has 302 valence electrons. The predicted molar refractivity (Wildman–Crippen MR) is 223 cm³/mol. The summed E-state index contributed by atoms with van der Waals surface area (Å²) in [6.07, 6.45) is 8.02. The van der Waals surface area contributed by atoms with Crippen molar-refractivity contribution in [2.24, 2.45) is 5.92 Å². The first-order valence-electron chi connectivity index (χ1n) is 20.2. The number of aromatic nitrogens is 3. The molecule has 2 aliphatic rings. The summed E-state index contributed by atoms with van der Waals surface area (Å²) in [6, 6.07) is 30.0. The van der Waals surface area contributed by atoms with Crippen LogP contribution in [0.3, 0.4) is 0 Å². The second-order valence-electron chi connectivity index (χ2n) is 14.9. The van der Waals surface area contributed by atoms with Gasteiger partial charge >= 0.3 is 0 Å². The van der Waals surface area contributed by atoms with Gasteiger partial charge in [0.05, 0.1) is 48.8 Å². The number of aryl methyl sites for hydroxylation is 1. The van der Waals surface area contributed by atoms with Crippen LogP contribution < -0.4 is 19.9 Å². The number of unbranched alkanes of at least 4 members (excludes halogenated alkanes) is 1. The van der Waals surface area contributed by atoms with E-state index in [-0.39, 0.29) is 31.6 Å². The fourth-order valence-electron chi connectivity index (χ4n) is 8.00. The summed E-state index contributed by atoms with van der Waals surface area (Å²) in [5.41, 5.74) is 3.83. The van der Waals surface area contributed by atoms with Crippen molar-refractivity contribution in [3.8, 4) is 5.75 Å². The summed E-state index contributed by atoms with van der Waals surface area (Å²) < 4.78 is 7.55. The van der Waals surface area contributed by atoms with Crippen molar-refractivity contribution in [1.82, 2.24) is 20.3 Å². The van der Waals surface area contributed by atoms with E-state index in [0.29, 0.717) is 73.0 Å². The van der Waals surface area contributed by atoms with Crippen LogP contribution in [0.15, 0.2) is 115 Å². The van der Waals surface area contributed by atoms with Gasteiger partial charge in [0.1, 0.15) is 5.75 Å². The highest BCUT2D eigenvalue weighted by molar-refractivity contribution is 6.10. The molecule has 1 aromatic heterocycles. The molecular formula is C46H52N6O6. The van der Waals surface area contributed by atoms with E-state index in [1.165, 1.54) is 0 Å². The number of aliphatic hydroxyl groups excluding tert-OH is 2. The molecule has 2 amide bonds. The van der Waals surface area contributed by atoms with Crippen LogP contribution in [0, 0.1) is 5.92 Å². The quantitative estimate of drug-likeness (QED) is 0.0641. The smallest absolute Gasteiger partial charge is 0.264 e. The Kier molecular flexibility index (Phi) is 12.8. The monoisotopic (exact) mass is 784 g/mol. The fraction of sp³-hybridized carbons (Fsp3) is 0.348. The Balaban J connectivity index is 1.18. The number of rotatable bonds is 18. The number of benzene rings is 4. The first-order valence-corrected chi connectivity index (χ1v) is 20.2. The minimum atomic E-state index is -1.93. The molecule has 2 unspecified atom stereocenters. The van der Waals surface area contributed by atoms with Crippen molar-refractivity contribution >= 4 is 28.9 Å². The fourth-order valence-corrected chi connectivity index (χ4v) is 8.00. The number of ether oxygens (including phenoxy) is 1. The molecule has 0 aliphatic carbocycles. The van der Waals surface area contributed by atoms with E-state index in [0.717, 1.165) is 23.1 Å². The third-order valence-corrected chi connectivity index (χ3v) is 11.1. The summed E-state index contributed by atoms with van der Waals surface area (Å²) >= 11 is 0. The number of nitrogens with zero attached hydrogens (tertiary/aromatic N) is 5. The number of carbonyl (C=O) groups is 2. The zero-order chi connectivity index (χ0) is 40.6. The van der Waals surface area contributed by atoms with Gasteiger partial charge in [-0.1, -0.05) is 85.0 Å². The van der Waals surface area contributed by atoms with Crippen molar-refractivity contribution < 1.29 is 29.6 Å². The number of anilines is 3. The highest BCUT2D eigenvalue weighted by atomic mass is 16.5. The van der Waals surface area contributed by atoms with Gasteiger partial charge in [-0.3, -0.25) is 19.2 Å². The number of amides is 2. The Morgan fingerprint density at radius 3 is 2.47 bits per heavy atom. The van der Waals surface area contributed by atoms with Gasteiger partial charge in [0.2, 0.25) is 5.91 Å². The number of aliphatic hydroxyl groups is 3. The zero-order valence-electron chi connectivity index (χ0n) is 33.1. The van der Waals surface area contributed by atoms with E-state index in [4.69, 9.17) is 4.74 Å². The second-order valence-corrected chi connectivity index (χ2v) is 14.9. The minimum Gasteiger partial charge on any atom is -0.494 e. The van der Waals surface area contributed by atoms with Crippen LogP contribution in [0.25, 0.3) is 0 Å². The van der Waals surface area contributed by atoms with Gasteiger partial charge in [-0.2, -0.15) is 0 Å². The largest absolute Gasteiger partial charge is 0.494 e. The number of allylic oxidation sites excluding steroid dienone is 1. The molecule has 3 heterocycles. The van der Waals surface area contributed by atoms with Gasteiger partial charge in [0, 0.05) is 36.5 Å². The average molecular weight is 785 g/mol. The van der Waals surface area contributed by atoms with Gasteiger partial charge in [0.25, 0.3) is 5.91 Å². The van der Waals surface area contributed by atoms with E-state index in [1.54, 1.807) is 20.5 Å². The third kappa shape index (κ3) is 8.32. The maximum absolute atomic E-state index is 14.5. The molecule has 0 saturated carbocycles. The number of nitrogens with one attached hydrogen (secondary N) is 1. The summed E-state index contributed by atoms with van der Waals surface area (Å²) in [5, 5.41) is 44.1. The Hall–Kier alpha value is -5.66. The molecule has 0 radical (unpaired) electrons. The molecule has 2 aliphatic heterocycles. The number of hydrogen-bond donors (Lipinski definition) is 4. The SMILES string of the molecule is CCOc1ccc2c(c1)CC(NCCCCO)C(=O)N2c1ccc2c(c1)[C@@](O)([C@H](C)/C=C/CCn1cc(C(CO)c3ccccc3)nn1)C(=O)N2Cc1ccccc1. The average Bonchev–Trinajstić information content (AvgIpc) is 3.79. The van der Waals surface area contributed by atoms with E-state index in [2.05, 4.69) is 15.6 Å². The Morgan fingerprint density at radius 2 is 1.72 bits per heavy atom. The molecule has 4 aromatic carbocycles. The van der Waals surface area contributed by atoms with Crippen LogP contribution in [-0.4, -0.2) is 74.5 Å². The van der Waals surface area contributed by atoms with E-state index >= 15 is 0 Å². The molecule has 5 aromatic rings. The number of fused-ring (bicyclic) bond motifs is 2. The van der Waals surface area contributed by atoms with Crippen molar-refractivity contribution in [2.45, 2.75) is 70.2 Å². The molecule has 4 N–H and O–H groups in total. The molecular weight excluding hydrogens is 733 g/mol. The van der Waals surface area contributed by atoms with Crippen molar-refractivity contribution in [3.63, 3.8) is 0 Å². The van der Waals surface area contributed by atoms with Crippen LogP contribution in [0.1, 0.15) is 67.0 Å². The third-order valence-electron chi connectivity index (χ3n) is 11.1. The lowest BCUT2D eigenvalue weighted by molar-refractivity contribution is -0.139. The maximum atomic E-state index is 14.5.